The maximum atomic E-state index is 8.20. The molecule has 0 amide bonds. The fraction of sp³-hybridized carbons (Fsp3) is 0.125. The zero-order valence-electron chi connectivity index (χ0n) is 7.13. The third kappa shape index (κ3) is 1.51. The molecule has 14 heavy (non-hydrogen) atoms. The molecule has 2 aromatic rings. The van der Waals surface area contributed by atoms with Gasteiger partial charge in [-0.1, -0.05) is 16.7 Å². The Bertz CT molecular complexity index is 511. The van der Waals surface area contributed by atoms with Crippen molar-refractivity contribution in [1.29, 1.82) is 0 Å². The molecule has 0 aromatic carbocycles. The third-order valence-corrected chi connectivity index (χ3v) is 2.04. The van der Waals surface area contributed by atoms with E-state index in [0.29, 0.717) is 11.6 Å². The van der Waals surface area contributed by atoms with Crippen molar-refractivity contribution in [1.82, 2.24) is 9.38 Å². The molecule has 2 rings (SSSR count). The van der Waals surface area contributed by atoms with Gasteiger partial charge in [0.2, 0.25) is 0 Å². The summed E-state index contributed by atoms with van der Waals surface area (Å²) >= 11 is 5.79. The highest BCUT2D eigenvalue weighted by atomic mass is 35.5. The molecule has 70 valence electrons. The number of halogens is 1. The molecule has 0 saturated heterocycles. The van der Waals surface area contributed by atoms with Crippen molar-refractivity contribution in [2.45, 2.75) is 6.54 Å². The Hall–Kier alpha value is -1.71. The predicted octanol–water partition coefficient (Wildman–Crippen LogP) is 2.80. The zero-order valence-corrected chi connectivity index (χ0v) is 7.89. The summed E-state index contributed by atoms with van der Waals surface area (Å²) in [5.74, 6) is 0. The van der Waals surface area contributed by atoms with Crippen LogP contribution in [0.15, 0.2) is 29.6 Å². The first-order valence-corrected chi connectivity index (χ1v) is 4.31. The normalized spacial score (nSPS) is 10.1. The van der Waals surface area contributed by atoms with Crippen LogP contribution in [0.2, 0.25) is 5.02 Å². The summed E-state index contributed by atoms with van der Waals surface area (Å²) in [4.78, 5) is 6.80. The fourth-order valence-corrected chi connectivity index (χ4v) is 1.40. The number of nitrogens with zero attached hydrogens (tertiary/aromatic N) is 5. The molecule has 0 unspecified atom stereocenters. The van der Waals surface area contributed by atoms with Crippen LogP contribution in [-0.4, -0.2) is 9.38 Å². The van der Waals surface area contributed by atoms with E-state index < -0.39 is 0 Å². The van der Waals surface area contributed by atoms with Crippen LogP contribution < -0.4 is 0 Å². The molecule has 2 heterocycles. The highest BCUT2D eigenvalue weighted by Gasteiger charge is 2.01. The monoisotopic (exact) mass is 207 g/mol. The third-order valence-electron chi connectivity index (χ3n) is 1.85. The van der Waals surface area contributed by atoms with Gasteiger partial charge < -0.3 is 4.40 Å². The molecule has 0 spiro atoms. The Labute approximate surface area is 84.6 Å². The minimum atomic E-state index is 0.298. The van der Waals surface area contributed by atoms with E-state index in [1.807, 2.05) is 12.1 Å². The molecule has 0 bridgehead atoms. The van der Waals surface area contributed by atoms with Crippen molar-refractivity contribution >= 4 is 17.2 Å². The van der Waals surface area contributed by atoms with Gasteiger partial charge in [0.15, 0.2) is 0 Å². The van der Waals surface area contributed by atoms with Crippen LogP contribution in [-0.2, 0) is 6.54 Å². The van der Waals surface area contributed by atoms with Gasteiger partial charge in [-0.15, -0.1) is 0 Å². The van der Waals surface area contributed by atoms with Gasteiger partial charge in [0.25, 0.3) is 0 Å². The summed E-state index contributed by atoms with van der Waals surface area (Å²) in [6.07, 6.45) is 3.32. The molecule has 2 aromatic heterocycles. The Balaban J connectivity index is 2.54. The van der Waals surface area contributed by atoms with Crippen molar-refractivity contribution in [3.05, 3.63) is 45.7 Å². The molecule has 0 aliphatic carbocycles. The molecular weight excluding hydrogens is 202 g/mol. The minimum absolute atomic E-state index is 0.298. The molecule has 0 N–H and O–H groups in total. The van der Waals surface area contributed by atoms with Gasteiger partial charge >= 0.3 is 0 Å². The van der Waals surface area contributed by atoms with Crippen LogP contribution in [0.4, 0.5) is 0 Å². The van der Waals surface area contributed by atoms with E-state index in [0.717, 1.165) is 11.3 Å². The summed E-state index contributed by atoms with van der Waals surface area (Å²) in [6, 6.07) is 3.70. The van der Waals surface area contributed by atoms with E-state index in [-0.39, 0.29) is 0 Å². The van der Waals surface area contributed by atoms with Crippen molar-refractivity contribution in [2.24, 2.45) is 5.11 Å². The SMILES string of the molecule is [N-]=[N+]=NCc1ccc2ncc(Cl)cn12. The van der Waals surface area contributed by atoms with Crippen LogP contribution >= 0.6 is 11.6 Å². The molecule has 5 nitrogen and oxygen atoms in total. The number of aromatic nitrogens is 2. The first kappa shape index (κ1) is 8.87. The minimum Gasteiger partial charge on any atom is -0.304 e. The van der Waals surface area contributed by atoms with Crippen molar-refractivity contribution in [2.75, 3.05) is 0 Å². The molecule has 0 fully saturated rings. The second-order valence-electron chi connectivity index (χ2n) is 2.71. The van der Waals surface area contributed by atoms with Gasteiger partial charge in [0.05, 0.1) is 11.6 Å². The number of hydrogen-bond donors (Lipinski definition) is 0. The largest absolute Gasteiger partial charge is 0.304 e. The first-order valence-electron chi connectivity index (χ1n) is 3.93. The quantitative estimate of drug-likeness (QED) is 0.424. The number of azide groups is 1. The van der Waals surface area contributed by atoms with Gasteiger partial charge in [0.1, 0.15) is 5.65 Å². The lowest BCUT2D eigenvalue weighted by molar-refractivity contribution is 0.938. The van der Waals surface area contributed by atoms with Crippen LogP contribution in [0, 0.1) is 0 Å². The summed E-state index contributed by atoms with van der Waals surface area (Å²) < 4.78 is 1.80. The van der Waals surface area contributed by atoms with E-state index in [4.69, 9.17) is 17.1 Å². The summed E-state index contributed by atoms with van der Waals surface area (Å²) in [5.41, 5.74) is 9.86. The standard InChI is InChI=1S/C8H6ClN5/c9-6-3-11-8-2-1-7(4-12-13-10)14(8)5-6/h1-3,5H,4H2. The fourth-order valence-electron chi connectivity index (χ4n) is 1.25. The van der Waals surface area contributed by atoms with Crippen molar-refractivity contribution < 1.29 is 0 Å². The topological polar surface area (TPSA) is 66.1 Å². The van der Waals surface area contributed by atoms with Crippen molar-refractivity contribution in [3.8, 4) is 0 Å². The van der Waals surface area contributed by atoms with E-state index in [2.05, 4.69) is 15.0 Å². The zero-order chi connectivity index (χ0) is 9.97. The highest BCUT2D eigenvalue weighted by molar-refractivity contribution is 6.30. The highest BCUT2D eigenvalue weighted by Crippen LogP contribution is 2.13. The van der Waals surface area contributed by atoms with E-state index in [1.165, 1.54) is 0 Å². The summed E-state index contributed by atoms with van der Waals surface area (Å²) in [5, 5.41) is 4.03. The van der Waals surface area contributed by atoms with Gasteiger partial charge in [-0.05, 0) is 17.7 Å². The lowest BCUT2D eigenvalue weighted by Crippen LogP contribution is -1.92. The Morgan fingerprint density at radius 1 is 1.57 bits per heavy atom. The van der Waals surface area contributed by atoms with Crippen LogP contribution in [0.5, 0.6) is 0 Å². The molecule has 0 aliphatic rings. The van der Waals surface area contributed by atoms with Gasteiger partial charge in [-0.3, -0.25) is 0 Å². The maximum absolute atomic E-state index is 8.20. The number of rotatable bonds is 2. The van der Waals surface area contributed by atoms with E-state index in [9.17, 15) is 0 Å². The molecule has 0 saturated carbocycles. The van der Waals surface area contributed by atoms with Gasteiger partial charge in [-0.25, -0.2) is 4.98 Å². The van der Waals surface area contributed by atoms with Crippen molar-refractivity contribution in [3.63, 3.8) is 0 Å². The molecule has 0 aliphatic heterocycles. The first-order chi connectivity index (χ1) is 6.81. The van der Waals surface area contributed by atoms with Gasteiger partial charge in [-0.2, -0.15) is 0 Å². The summed E-state index contributed by atoms with van der Waals surface area (Å²) in [6.45, 7) is 0.298. The number of hydrogen-bond acceptors (Lipinski definition) is 2. The van der Waals surface area contributed by atoms with E-state index >= 15 is 0 Å². The van der Waals surface area contributed by atoms with Crippen LogP contribution in [0.25, 0.3) is 16.1 Å². The Kier molecular flexibility index (Phi) is 2.26. The Morgan fingerprint density at radius 3 is 3.21 bits per heavy atom. The smallest absolute Gasteiger partial charge is 0.136 e. The number of fused-ring (bicyclic) bond motifs is 1. The lowest BCUT2D eigenvalue weighted by Gasteiger charge is -1.98. The average Bonchev–Trinajstić information content (AvgIpc) is 2.57. The molecule has 6 heteroatoms. The van der Waals surface area contributed by atoms with Crippen LogP contribution in [0.3, 0.4) is 0 Å². The van der Waals surface area contributed by atoms with Gasteiger partial charge in [0, 0.05) is 23.0 Å². The molecular formula is C8H6ClN5. The molecule has 0 atom stereocenters. The molecule has 0 radical (unpaired) electrons. The second-order valence-corrected chi connectivity index (χ2v) is 3.15. The summed E-state index contributed by atoms with van der Waals surface area (Å²) in [7, 11) is 0. The van der Waals surface area contributed by atoms with E-state index in [1.54, 1.807) is 16.8 Å². The lowest BCUT2D eigenvalue weighted by atomic mass is 10.4. The average molecular weight is 208 g/mol. The second kappa shape index (κ2) is 3.57. The predicted molar refractivity (Wildman–Crippen MR) is 53.1 cm³/mol. The van der Waals surface area contributed by atoms with Crippen LogP contribution in [0.1, 0.15) is 5.69 Å². The maximum Gasteiger partial charge on any atom is 0.136 e. The Morgan fingerprint density at radius 2 is 2.43 bits per heavy atom.